The van der Waals surface area contributed by atoms with Crippen LogP contribution in [0.1, 0.15) is 10.6 Å². The molecular weight excluding hydrogens is 446 g/mol. The number of carbonyl (C=O) groups is 2. The average Bonchev–Trinajstić information content (AvgIpc) is 3.11. The van der Waals surface area contributed by atoms with Gasteiger partial charge in [-0.25, -0.2) is 10.2 Å². The molecule has 2 aromatic heterocycles. The Morgan fingerprint density at radius 3 is 2.57 bits per heavy atom. The molecule has 0 saturated heterocycles. The Labute approximate surface area is 172 Å². The predicted molar refractivity (Wildman–Crippen MR) is 110 cm³/mol. The number of nitrogens with zero attached hydrogens (tertiary/aromatic N) is 4. The van der Waals surface area contributed by atoms with E-state index in [2.05, 4.69) is 52.3 Å². The molecule has 0 saturated carbocycles. The maximum atomic E-state index is 12.0. The monoisotopic (exact) mass is 459 g/mol. The quantitative estimate of drug-likeness (QED) is 0.386. The molecule has 0 fully saturated rings. The van der Waals surface area contributed by atoms with Crippen LogP contribution in [0.2, 0.25) is 0 Å². The molecule has 9 nitrogen and oxygen atoms in total. The lowest BCUT2D eigenvalue weighted by Crippen LogP contribution is -2.19. The van der Waals surface area contributed by atoms with E-state index in [1.54, 1.807) is 36.7 Å². The molecule has 3 rings (SSSR count). The molecule has 3 N–H and O–H groups in total. The first-order valence-electron chi connectivity index (χ1n) is 7.96. The Morgan fingerprint density at radius 2 is 1.82 bits per heavy atom. The molecule has 0 unspecified atom stereocenters. The third-order valence-corrected chi connectivity index (χ3v) is 4.58. The Balaban J connectivity index is 1.46. The molecule has 28 heavy (non-hydrogen) atoms. The maximum absolute atomic E-state index is 12.0. The van der Waals surface area contributed by atoms with Crippen molar-refractivity contribution in [2.75, 3.05) is 10.6 Å². The van der Waals surface area contributed by atoms with Crippen molar-refractivity contribution in [3.8, 4) is 0 Å². The van der Waals surface area contributed by atoms with Crippen molar-refractivity contribution in [1.82, 2.24) is 20.6 Å². The molecule has 1 aromatic carbocycles. The highest BCUT2D eigenvalue weighted by Gasteiger charge is 2.11. The second kappa shape index (κ2) is 9.67. The third kappa shape index (κ3) is 6.21. The summed E-state index contributed by atoms with van der Waals surface area (Å²) in [4.78, 5) is 27.8. The molecule has 142 valence electrons. The number of pyridine rings is 1. The van der Waals surface area contributed by atoms with Crippen LogP contribution in [0.15, 0.2) is 58.4 Å². The summed E-state index contributed by atoms with van der Waals surface area (Å²) in [6.45, 7) is 0. The molecule has 2 heterocycles. The van der Waals surface area contributed by atoms with Crippen LogP contribution in [-0.4, -0.2) is 33.3 Å². The van der Waals surface area contributed by atoms with Gasteiger partial charge in [0.05, 0.1) is 12.6 Å². The van der Waals surface area contributed by atoms with Crippen molar-refractivity contribution in [3.63, 3.8) is 0 Å². The molecule has 0 aliphatic heterocycles. The SMILES string of the molecule is O=C(Cc1nnc(NC(=O)Nc2ccc(Br)cc2)s1)N/N=C\c1ccncc1. The van der Waals surface area contributed by atoms with Crippen LogP contribution in [0, 0.1) is 0 Å². The summed E-state index contributed by atoms with van der Waals surface area (Å²) < 4.78 is 0.913. The van der Waals surface area contributed by atoms with E-state index in [0.29, 0.717) is 10.7 Å². The summed E-state index contributed by atoms with van der Waals surface area (Å²) in [6.07, 6.45) is 4.78. The minimum atomic E-state index is -0.448. The molecule has 3 amide bonds. The minimum Gasteiger partial charge on any atom is -0.308 e. The number of amides is 3. The van der Waals surface area contributed by atoms with E-state index in [-0.39, 0.29) is 17.5 Å². The lowest BCUT2D eigenvalue weighted by molar-refractivity contribution is -0.120. The highest BCUT2D eigenvalue weighted by molar-refractivity contribution is 9.10. The topological polar surface area (TPSA) is 121 Å². The van der Waals surface area contributed by atoms with Crippen LogP contribution >= 0.6 is 27.3 Å². The first kappa shape index (κ1) is 19.6. The van der Waals surface area contributed by atoms with Gasteiger partial charge in [-0.1, -0.05) is 27.3 Å². The summed E-state index contributed by atoms with van der Waals surface area (Å²) in [5, 5.41) is 17.6. The van der Waals surface area contributed by atoms with Gasteiger partial charge in [-0.2, -0.15) is 5.10 Å². The van der Waals surface area contributed by atoms with Gasteiger partial charge < -0.3 is 5.32 Å². The smallest absolute Gasteiger partial charge is 0.308 e. The predicted octanol–water partition coefficient (Wildman–Crippen LogP) is 3.03. The van der Waals surface area contributed by atoms with Crippen LogP contribution in [0.3, 0.4) is 0 Å². The van der Waals surface area contributed by atoms with Crippen molar-refractivity contribution in [2.24, 2.45) is 5.10 Å². The van der Waals surface area contributed by atoms with Gasteiger partial charge in [-0.05, 0) is 42.0 Å². The summed E-state index contributed by atoms with van der Waals surface area (Å²) in [7, 11) is 0. The fourth-order valence-corrected chi connectivity index (χ4v) is 2.97. The Kier molecular flexibility index (Phi) is 6.76. The van der Waals surface area contributed by atoms with E-state index < -0.39 is 6.03 Å². The van der Waals surface area contributed by atoms with E-state index in [1.807, 2.05) is 12.1 Å². The standard InChI is InChI=1S/C17H14BrN7O2S/c18-12-1-3-13(4-2-12)21-16(27)22-17-25-24-15(28-17)9-14(26)23-20-10-11-5-7-19-8-6-11/h1-8,10H,9H2,(H,23,26)(H2,21,22,25,27)/b20-10-. The van der Waals surface area contributed by atoms with Crippen LogP contribution in [0.5, 0.6) is 0 Å². The highest BCUT2D eigenvalue weighted by atomic mass is 79.9. The number of hydrogen-bond donors (Lipinski definition) is 3. The maximum Gasteiger partial charge on any atom is 0.325 e. The Bertz CT molecular complexity index is 977. The largest absolute Gasteiger partial charge is 0.325 e. The number of anilines is 2. The highest BCUT2D eigenvalue weighted by Crippen LogP contribution is 2.17. The van der Waals surface area contributed by atoms with E-state index in [4.69, 9.17) is 0 Å². The van der Waals surface area contributed by atoms with Crippen molar-refractivity contribution in [1.29, 1.82) is 0 Å². The lowest BCUT2D eigenvalue weighted by Gasteiger charge is -2.04. The number of urea groups is 1. The zero-order valence-corrected chi connectivity index (χ0v) is 16.7. The van der Waals surface area contributed by atoms with Crippen LogP contribution in [-0.2, 0) is 11.2 Å². The normalized spacial score (nSPS) is 10.6. The molecule has 11 heteroatoms. The number of benzene rings is 1. The zero-order valence-electron chi connectivity index (χ0n) is 14.3. The number of hydrogen-bond acceptors (Lipinski definition) is 7. The van der Waals surface area contributed by atoms with Gasteiger partial charge in [0.2, 0.25) is 11.0 Å². The zero-order chi connectivity index (χ0) is 19.8. The number of halogens is 1. The van der Waals surface area contributed by atoms with Gasteiger partial charge in [0.15, 0.2) is 0 Å². The van der Waals surface area contributed by atoms with Crippen molar-refractivity contribution < 1.29 is 9.59 Å². The van der Waals surface area contributed by atoms with Gasteiger partial charge >= 0.3 is 6.03 Å². The second-order valence-electron chi connectivity index (χ2n) is 5.34. The molecule has 0 radical (unpaired) electrons. The van der Waals surface area contributed by atoms with Gasteiger partial charge in [-0.3, -0.25) is 15.1 Å². The van der Waals surface area contributed by atoms with Crippen LogP contribution < -0.4 is 16.1 Å². The summed E-state index contributed by atoms with van der Waals surface area (Å²) >= 11 is 4.44. The summed E-state index contributed by atoms with van der Waals surface area (Å²) in [5.74, 6) is -0.340. The Morgan fingerprint density at radius 1 is 1.07 bits per heavy atom. The van der Waals surface area contributed by atoms with E-state index >= 15 is 0 Å². The first-order valence-corrected chi connectivity index (χ1v) is 9.57. The van der Waals surface area contributed by atoms with Gasteiger partial charge in [0.1, 0.15) is 5.01 Å². The fourth-order valence-electron chi connectivity index (χ4n) is 1.97. The number of aromatic nitrogens is 3. The average molecular weight is 460 g/mol. The summed E-state index contributed by atoms with van der Waals surface area (Å²) in [6, 6.07) is 10.2. The van der Waals surface area contributed by atoms with E-state index in [0.717, 1.165) is 21.4 Å². The van der Waals surface area contributed by atoms with Crippen molar-refractivity contribution in [3.05, 3.63) is 63.8 Å². The van der Waals surface area contributed by atoms with E-state index in [1.165, 1.54) is 6.21 Å². The lowest BCUT2D eigenvalue weighted by atomic mass is 10.3. The number of nitrogens with one attached hydrogen (secondary N) is 3. The Hall–Kier alpha value is -3.18. The molecular formula is C17H14BrN7O2S. The van der Waals surface area contributed by atoms with Crippen molar-refractivity contribution >= 4 is 56.2 Å². The number of carbonyl (C=O) groups excluding carboxylic acids is 2. The molecule has 0 bridgehead atoms. The van der Waals surface area contributed by atoms with Crippen molar-refractivity contribution in [2.45, 2.75) is 6.42 Å². The third-order valence-electron chi connectivity index (χ3n) is 3.21. The number of rotatable bonds is 6. The molecule has 3 aromatic rings. The van der Waals surface area contributed by atoms with Crippen LogP contribution in [0.4, 0.5) is 15.6 Å². The first-order chi connectivity index (χ1) is 13.6. The molecule has 0 aliphatic rings. The minimum absolute atomic E-state index is 0.00135. The molecule has 0 aliphatic carbocycles. The van der Waals surface area contributed by atoms with Gasteiger partial charge in [-0.15, -0.1) is 10.2 Å². The van der Waals surface area contributed by atoms with Gasteiger partial charge in [0, 0.05) is 22.6 Å². The van der Waals surface area contributed by atoms with Gasteiger partial charge in [0.25, 0.3) is 0 Å². The molecule has 0 atom stereocenters. The van der Waals surface area contributed by atoms with Crippen LogP contribution in [0.25, 0.3) is 0 Å². The second-order valence-corrected chi connectivity index (χ2v) is 7.32. The molecule has 0 spiro atoms. The number of hydrazone groups is 1. The fraction of sp³-hybridized carbons (Fsp3) is 0.0588. The summed E-state index contributed by atoms with van der Waals surface area (Å²) in [5.41, 5.74) is 3.86. The van der Waals surface area contributed by atoms with E-state index in [9.17, 15) is 9.59 Å².